The lowest BCUT2D eigenvalue weighted by molar-refractivity contribution is 0.313. The third kappa shape index (κ3) is 4.05. The molecule has 100 valence electrons. The van der Waals surface area contributed by atoms with Gasteiger partial charge in [-0.15, -0.1) is 0 Å². The van der Waals surface area contributed by atoms with Crippen LogP contribution >= 0.6 is 0 Å². The molecule has 0 atom stereocenters. The van der Waals surface area contributed by atoms with Crippen LogP contribution in [0.1, 0.15) is 38.7 Å². The standard InChI is InChI=1S/C15H21F2N/c1-15(2,10-18-12-4-5-12)8-7-11-3-6-13(16)14(17)9-11/h3,6,9,12,18H,4-5,7-8,10H2,1-2H3. The molecule has 0 amide bonds. The third-order valence-corrected chi connectivity index (χ3v) is 3.52. The van der Waals surface area contributed by atoms with Crippen molar-refractivity contribution < 1.29 is 8.78 Å². The molecule has 1 fully saturated rings. The predicted molar refractivity (Wildman–Crippen MR) is 69.5 cm³/mol. The monoisotopic (exact) mass is 253 g/mol. The van der Waals surface area contributed by atoms with Gasteiger partial charge in [-0.2, -0.15) is 0 Å². The lowest BCUT2D eigenvalue weighted by Crippen LogP contribution is -2.31. The van der Waals surface area contributed by atoms with Crippen LogP contribution in [0.2, 0.25) is 0 Å². The zero-order valence-electron chi connectivity index (χ0n) is 11.1. The van der Waals surface area contributed by atoms with Gasteiger partial charge in [-0.1, -0.05) is 19.9 Å². The number of halogens is 2. The Labute approximate surface area is 108 Å². The highest BCUT2D eigenvalue weighted by atomic mass is 19.2. The van der Waals surface area contributed by atoms with Crippen LogP contribution in [0.25, 0.3) is 0 Å². The first-order valence-corrected chi connectivity index (χ1v) is 6.64. The summed E-state index contributed by atoms with van der Waals surface area (Å²) in [4.78, 5) is 0. The average Bonchev–Trinajstić information content (AvgIpc) is 3.12. The van der Waals surface area contributed by atoms with E-state index in [1.807, 2.05) is 0 Å². The molecular weight excluding hydrogens is 232 g/mol. The number of hydrogen-bond donors (Lipinski definition) is 1. The summed E-state index contributed by atoms with van der Waals surface area (Å²) in [5.74, 6) is -1.52. The molecule has 1 aromatic carbocycles. The van der Waals surface area contributed by atoms with Crippen molar-refractivity contribution in [3.8, 4) is 0 Å². The molecule has 0 unspecified atom stereocenters. The fraction of sp³-hybridized carbons (Fsp3) is 0.600. The van der Waals surface area contributed by atoms with Gasteiger partial charge in [0.05, 0.1) is 0 Å². The summed E-state index contributed by atoms with van der Waals surface area (Å²) in [5.41, 5.74) is 1.06. The van der Waals surface area contributed by atoms with Crippen molar-refractivity contribution in [1.29, 1.82) is 0 Å². The van der Waals surface area contributed by atoms with Crippen LogP contribution in [0.3, 0.4) is 0 Å². The Morgan fingerprint density at radius 3 is 2.56 bits per heavy atom. The van der Waals surface area contributed by atoms with E-state index in [9.17, 15) is 8.78 Å². The van der Waals surface area contributed by atoms with Crippen LogP contribution in [0.15, 0.2) is 18.2 Å². The average molecular weight is 253 g/mol. The maximum absolute atomic E-state index is 13.1. The van der Waals surface area contributed by atoms with Crippen molar-refractivity contribution >= 4 is 0 Å². The second-order valence-corrected chi connectivity index (χ2v) is 6.07. The topological polar surface area (TPSA) is 12.0 Å². The van der Waals surface area contributed by atoms with Crippen molar-refractivity contribution in [3.63, 3.8) is 0 Å². The van der Waals surface area contributed by atoms with Gasteiger partial charge < -0.3 is 5.32 Å². The summed E-state index contributed by atoms with van der Waals surface area (Å²) in [7, 11) is 0. The molecule has 0 bridgehead atoms. The predicted octanol–water partition coefficient (Wildman–Crippen LogP) is 3.68. The van der Waals surface area contributed by atoms with Gasteiger partial charge in [-0.25, -0.2) is 8.78 Å². The lowest BCUT2D eigenvalue weighted by Gasteiger charge is -2.25. The van der Waals surface area contributed by atoms with E-state index in [0.29, 0.717) is 6.04 Å². The van der Waals surface area contributed by atoms with Crippen molar-refractivity contribution in [2.75, 3.05) is 6.54 Å². The summed E-state index contributed by atoms with van der Waals surface area (Å²) in [5, 5.41) is 3.52. The Balaban J connectivity index is 1.82. The number of hydrogen-bond acceptors (Lipinski definition) is 1. The fourth-order valence-electron chi connectivity index (χ4n) is 1.97. The molecule has 0 spiro atoms. The molecule has 0 saturated heterocycles. The zero-order valence-corrected chi connectivity index (χ0v) is 11.1. The van der Waals surface area contributed by atoms with Crippen LogP contribution in [-0.2, 0) is 6.42 Å². The minimum Gasteiger partial charge on any atom is -0.313 e. The van der Waals surface area contributed by atoms with Gasteiger partial charge in [0.25, 0.3) is 0 Å². The Kier molecular flexibility index (Phi) is 4.00. The summed E-state index contributed by atoms with van der Waals surface area (Å²) >= 11 is 0. The highest BCUT2D eigenvalue weighted by Gasteiger charge is 2.25. The van der Waals surface area contributed by atoms with Gasteiger partial charge in [0, 0.05) is 12.6 Å². The van der Waals surface area contributed by atoms with Crippen LogP contribution in [0.5, 0.6) is 0 Å². The number of nitrogens with one attached hydrogen (secondary N) is 1. The minimum atomic E-state index is -0.770. The van der Waals surface area contributed by atoms with Gasteiger partial charge in [0.15, 0.2) is 11.6 Å². The molecule has 0 aromatic heterocycles. The SMILES string of the molecule is CC(C)(CCc1ccc(F)c(F)c1)CNC1CC1. The Hall–Kier alpha value is -0.960. The van der Waals surface area contributed by atoms with Crippen LogP contribution in [0, 0.1) is 17.0 Å². The first-order valence-electron chi connectivity index (χ1n) is 6.64. The Bertz CT molecular complexity index is 411. The van der Waals surface area contributed by atoms with Gasteiger partial charge in [0.2, 0.25) is 0 Å². The van der Waals surface area contributed by atoms with Gasteiger partial charge in [-0.3, -0.25) is 0 Å². The molecule has 2 rings (SSSR count). The van der Waals surface area contributed by atoms with Crippen LogP contribution < -0.4 is 5.32 Å². The number of aryl methyl sites for hydroxylation is 1. The Morgan fingerprint density at radius 2 is 1.94 bits per heavy atom. The van der Waals surface area contributed by atoms with E-state index in [4.69, 9.17) is 0 Å². The molecular formula is C15H21F2N. The third-order valence-electron chi connectivity index (χ3n) is 3.52. The quantitative estimate of drug-likeness (QED) is 0.815. The molecule has 0 aliphatic heterocycles. The highest BCUT2D eigenvalue weighted by molar-refractivity contribution is 5.18. The summed E-state index contributed by atoms with van der Waals surface area (Å²) in [6.45, 7) is 5.41. The van der Waals surface area contributed by atoms with Crippen molar-refractivity contribution in [2.24, 2.45) is 5.41 Å². The van der Waals surface area contributed by atoms with E-state index >= 15 is 0 Å². The molecule has 3 heteroatoms. The van der Waals surface area contributed by atoms with Crippen molar-refractivity contribution in [1.82, 2.24) is 5.32 Å². The fourth-order valence-corrected chi connectivity index (χ4v) is 1.97. The van der Waals surface area contributed by atoms with Gasteiger partial charge >= 0.3 is 0 Å². The van der Waals surface area contributed by atoms with E-state index in [1.54, 1.807) is 6.07 Å². The maximum Gasteiger partial charge on any atom is 0.159 e. The smallest absolute Gasteiger partial charge is 0.159 e. The molecule has 1 saturated carbocycles. The molecule has 1 aliphatic rings. The van der Waals surface area contributed by atoms with E-state index in [1.165, 1.54) is 25.0 Å². The van der Waals surface area contributed by atoms with Gasteiger partial charge in [0.1, 0.15) is 0 Å². The largest absolute Gasteiger partial charge is 0.313 e. The molecule has 1 N–H and O–H groups in total. The summed E-state index contributed by atoms with van der Waals surface area (Å²) in [6.07, 6.45) is 4.34. The zero-order chi connectivity index (χ0) is 13.2. The van der Waals surface area contributed by atoms with Crippen LogP contribution in [-0.4, -0.2) is 12.6 Å². The molecule has 18 heavy (non-hydrogen) atoms. The normalized spacial score (nSPS) is 16.0. The van der Waals surface area contributed by atoms with Crippen molar-refractivity contribution in [2.45, 2.75) is 45.6 Å². The second-order valence-electron chi connectivity index (χ2n) is 6.07. The van der Waals surface area contributed by atoms with Gasteiger partial charge in [-0.05, 0) is 48.8 Å². The highest BCUT2D eigenvalue weighted by Crippen LogP contribution is 2.25. The lowest BCUT2D eigenvalue weighted by atomic mass is 9.86. The molecule has 0 radical (unpaired) electrons. The minimum absolute atomic E-state index is 0.188. The van der Waals surface area contributed by atoms with E-state index in [0.717, 1.165) is 24.9 Å². The van der Waals surface area contributed by atoms with Crippen LogP contribution in [0.4, 0.5) is 8.78 Å². The molecule has 1 nitrogen and oxygen atoms in total. The molecule has 0 heterocycles. The second kappa shape index (κ2) is 5.35. The van der Waals surface area contributed by atoms with E-state index in [2.05, 4.69) is 19.2 Å². The first-order chi connectivity index (χ1) is 8.46. The van der Waals surface area contributed by atoms with E-state index < -0.39 is 11.6 Å². The number of benzene rings is 1. The first kappa shape index (κ1) is 13.5. The Morgan fingerprint density at radius 1 is 1.22 bits per heavy atom. The molecule has 1 aromatic rings. The van der Waals surface area contributed by atoms with Crippen molar-refractivity contribution in [3.05, 3.63) is 35.4 Å². The molecule has 1 aliphatic carbocycles. The maximum atomic E-state index is 13.1. The number of rotatable bonds is 6. The van der Waals surface area contributed by atoms with E-state index in [-0.39, 0.29) is 5.41 Å². The summed E-state index contributed by atoms with van der Waals surface area (Å²) in [6, 6.07) is 4.90. The summed E-state index contributed by atoms with van der Waals surface area (Å²) < 4.78 is 25.9.